The lowest BCUT2D eigenvalue weighted by Gasteiger charge is -2.36. The van der Waals surface area contributed by atoms with Gasteiger partial charge in [-0.2, -0.15) is 0 Å². The van der Waals surface area contributed by atoms with Crippen molar-refractivity contribution in [2.24, 2.45) is 0 Å². The van der Waals surface area contributed by atoms with Crippen molar-refractivity contribution >= 4 is 0 Å². The zero-order chi connectivity index (χ0) is 11.3. The van der Waals surface area contributed by atoms with E-state index in [-0.39, 0.29) is 5.54 Å². The molecule has 84 valence electrons. The molecule has 0 radical (unpaired) electrons. The minimum Gasteiger partial charge on any atom is -0.318 e. The molecule has 0 aliphatic rings. The minimum absolute atomic E-state index is 0.0953. The normalized spacial score (nSPS) is 12.1. The van der Waals surface area contributed by atoms with Crippen molar-refractivity contribution in [3.8, 4) is 0 Å². The van der Waals surface area contributed by atoms with Gasteiger partial charge in [-0.3, -0.25) is 4.90 Å². The van der Waals surface area contributed by atoms with Gasteiger partial charge in [0, 0.05) is 18.6 Å². The molecule has 2 heteroatoms. The van der Waals surface area contributed by atoms with Gasteiger partial charge in [0.2, 0.25) is 0 Å². The number of hydrogen-bond donors (Lipinski definition) is 1. The van der Waals surface area contributed by atoms with Crippen molar-refractivity contribution in [2.75, 3.05) is 27.2 Å². The summed E-state index contributed by atoms with van der Waals surface area (Å²) >= 11 is 0. The van der Waals surface area contributed by atoms with Crippen LogP contribution in [-0.2, 0) is 5.54 Å². The standard InChI is InChI=1S/C13H22N2/c1-13(2,15(4)11-10-14-3)12-8-6-5-7-9-12/h5-9,14H,10-11H2,1-4H3. The van der Waals surface area contributed by atoms with Crippen molar-refractivity contribution in [1.82, 2.24) is 10.2 Å². The molecule has 0 fully saturated rings. The van der Waals surface area contributed by atoms with Crippen LogP contribution in [0.25, 0.3) is 0 Å². The average Bonchev–Trinajstić information content (AvgIpc) is 2.27. The monoisotopic (exact) mass is 206 g/mol. The Bertz CT molecular complexity index is 280. The first kappa shape index (κ1) is 12.2. The second-order valence-electron chi connectivity index (χ2n) is 4.45. The zero-order valence-electron chi connectivity index (χ0n) is 10.2. The quantitative estimate of drug-likeness (QED) is 0.793. The Labute approximate surface area is 93.3 Å². The molecule has 0 bridgehead atoms. The minimum atomic E-state index is 0.0953. The molecular weight excluding hydrogens is 184 g/mol. The van der Waals surface area contributed by atoms with E-state index in [0.717, 1.165) is 13.1 Å². The maximum atomic E-state index is 3.18. The molecule has 0 aliphatic heterocycles. The van der Waals surface area contributed by atoms with Crippen LogP contribution in [0.3, 0.4) is 0 Å². The van der Waals surface area contributed by atoms with Crippen LogP contribution in [-0.4, -0.2) is 32.1 Å². The molecular formula is C13H22N2. The molecule has 1 aromatic rings. The van der Waals surface area contributed by atoms with Gasteiger partial charge in [-0.15, -0.1) is 0 Å². The maximum Gasteiger partial charge on any atom is 0.0401 e. The van der Waals surface area contributed by atoms with Crippen molar-refractivity contribution in [3.05, 3.63) is 35.9 Å². The molecule has 0 amide bonds. The Balaban J connectivity index is 2.73. The molecule has 0 unspecified atom stereocenters. The highest BCUT2D eigenvalue weighted by Gasteiger charge is 2.24. The van der Waals surface area contributed by atoms with Crippen LogP contribution in [0.4, 0.5) is 0 Å². The summed E-state index contributed by atoms with van der Waals surface area (Å²) in [6, 6.07) is 10.6. The topological polar surface area (TPSA) is 15.3 Å². The first-order valence-corrected chi connectivity index (χ1v) is 5.50. The summed E-state index contributed by atoms with van der Waals surface area (Å²) in [5, 5.41) is 3.18. The summed E-state index contributed by atoms with van der Waals surface area (Å²) in [4.78, 5) is 2.37. The lowest BCUT2D eigenvalue weighted by molar-refractivity contribution is 0.158. The molecule has 0 aliphatic carbocycles. The lowest BCUT2D eigenvalue weighted by Crippen LogP contribution is -2.41. The Morgan fingerprint density at radius 1 is 1.20 bits per heavy atom. The molecule has 0 aromatic heterocycles. The third-order valence-corrected chi connectivity index (χ3v) is 3.13. The van der Waals surface area contributed by atoms with Crippen molar-refractivity contribution in [3.63, 3.8) is 0 Å². The third kappa shape index (κ3) is 3.05. The number of benzene rings is 1. The van der Waals surface area contributed by atoms with Crippen LogP contribution in [0.2, 0.25) is 0 Å². The first-order chi connectivity index (χ1) is 7.09. The molecule has 0 saturated carbocycles. The summed E-state index contributed by atoms with van der Waals surface area (Å²) in [6.45, 7) is 6.60. The van der Waals surface area contributed by atoms with Crippen LogP contribution in [0.1, 0.15) is 19.4 Å². The van der Waals surface area contributed by atoms with Crippen molar-refractivity contribution in [1.29, 1.82) is 0 Å². The van der Waals surface area contributed by atoms with E-state index in [1.54, 1.807) is 0 Å². The van der Waals surface area contributed by atoms with Crippen LogP contribution >= 0.6 is 0 Å². The highest BCUT2D eigenvalue weighted by atomic mass is 15.2. The van der Waals surface area contributed by atoms with E-state index in [0.29, 0.717) is 0 Å². The molecule has 0 spiro atoms. The van der Waals surface area contributed by atoms with Gasteiger partial charge in [-0.25, -0.2) is 0 Å². The summed E-state index contributed by atoms with van der Waals surface area (Å²) in [6.07, 6.45) is 0. The fourth-order valence-electron chi connectivity index (χ4n) is 1.63. The van der Waals surface area contributed by atoms with Gasteiger partial charge in [0.1, 0.15) is 0 Å². The predicted molar refractivity (Wildman–Crippen MR) is 66.0 cm³/mol. The van der Waals surface area contributed by atoms with E-state index in [2.05, 4.69) is 61.4 Å². The molecule has 0 saturated heterocycles. The van der Waals surface area contributed by atoms with Gasteiger partial charge in [0.05, 0.1) is 0 Å². The SMILES string of the molecule is CNCCN(C)C(C)(C)c1ccccc1. The number of hydrogen-bond acceptors (Lipinski definition) is 2. The largest absolute Gasteiger partial charge is 0.318 e. The van der Waals surface area contributed by atoms with Crippen molar-refractivity contribution < 1.29 is 0 Å². The number of nitrogens with one attached hydrogen (secondary N) is 1. The Hall–Kier alpha value is -0.860. The average molecular weight is 206 g/mol. The maximum absolute atomic E-state index is 3.18. The van der Waals surface area contributed by atoms with Gasteiger partial charge in [-0.1, -0.05) is 30.3 Å². The van der Waals surface area contributed by atoms with Gasteiger partial charge in [0.15, 0.2) is 0 Å². The van der Waals surface area contributed by atoms with E-state index in [4.69, 9.17) is 0 Å². The number of likely N-dealkylation sites (N-methyl/N-ethyl adjacent to an activating group) is 2. The number of nitrogens with zero attached hydrogens (tertiary/aromatic N) is 1. The van der Waals surface area contributed by atoms with E-state index in [1.165, 1.54) is 5.56 Å². The summed E-state index contributed by atoms with van der Waals surface area (Å²) in [5.74, 6) is 0. The highest BCUT2D eigenvalue weighted by Crippen LogP contribution is 2.25. The van der Waals surface area contributed by atoms with Gasteiger partial charge in [-0.05, 0) is 33.5 Å². The zero-order valence-corrected chi connectivity index (χ0v) is 10.2. The van der Waals surface area contributed by atoms with Crippen LogP contribution < -0.4 is 5.32 Å². The molecule has 2 nitrogen and oxygen atoms in total. The number of rotatable bonds is 5. The van der Waals surface area contributed by atoms with Gasteiger partial charge in [0.25, 0.3) is 0 Å². The molecule has 0 heterocycles. The lowest BCUT2D eigenvalue weighted by atomic mass is 9.93. The van der Waals surface area contributed by atoms with Crippen LogP contribution in [0.15, 0.2) is 30.3 Å². The molecule has 1 rings (SSSR count). The molecule has 1 N–H and O–H groups in total. The van der Waals surface area contributed by atoms with Crippen molar-refractivity contribution in [2.45, 2.75) is 19.4 Å². The summed E-state index contributed by atoms with van der Waals surface area (Å²) in [7, 11) is 4.16. The smallest absolute Gasteiger partial charge is 0.0401 e. The van der Waals surface area contributed by atoms with E-state index in [9.17, 15) is 0 Å². The third-order valence-electron chi connectivity index (χ3n) is 3.13. The van der Waals surface area contributed by atoms with Gasteiger partial charge < -0.3 is 5.32 Å². The van der Waals surface area contributed by atoms with E-state index >= 15 is 0 Å². The molecule has 0 atom stereocenters. The molecule has 15 heavy (non-hydrogen) atoms. The molecule has 1 aromatic carbocycles. The van der Waals surface area contributed by atoms with E-state index < -0.39 is 0 Å². The highest BCUT2D eigenvalue weighted by molar-refractivity contribution is 5.22. The fourth-order valence-corrected chi connectivity index (χ4v) is 1.63. The fraction of sp³-hybridized carbons (Fsp3) is 0.538. The Morgan fingerprint density at radius 3 is 2.33 bits per heavy atom. The second-order valence-corrected chi connectivity index (χ2v) is 4.45. The Kier molecular flexibility index (Phi) is 4.30. The van der Waals surface area contributed by atoms with Crippen LogP contribution in [0, 0.1) is 0 Å². The summed E-state index contributed by atoms with van der Waals surface area (Å²) < 4.78 is 0. The van der Waals surface area contributed by atoms with Gasteiger partial charge >= 0.3 is 0 Å². The summed E-state index contributed by atoms with van der Waals surface area (Å²) in [5.41, 5.74) is 1.46. The Morgan fingerprint density at radius 2 is 1.80 bits per heavy atom. The first-order valence-electron chi connectivity index (χ1n) is 5.50. The predicted octanol–water partition coefficient (Wildman–Crippen LogP) is 2.07. The van der Waals surface area contributed by atoms with Crippen LogP contribution in [0.5, 0.6) is 0 Å². The second kappa shape index (κ2) is 5.29. The van der Waals surface area contributed by atoms with E-state index in [1.807, 2.05) is 7.05 Å².